The van der Waals surface area contributed by atoms with Gasteiger partial charge in [-0.15, -0.1) is 11.3 Å². The molecule has 0 saturated carbocycles. The van der Waals surface area contributed by atoms with Crippen molar-refractivity contribution in [3.63, 3.8) is 0 Å². The van der Waals surface area contributed by atoms with Gasteiger partial charge in [0.05, 0.1) is 12.0 Å². The summed E-state index contributed by atoms with van der Waals surface area (Å²) in [6.07, 6.45) is 0. The van der Waals surface area contributed by atoms with E-state index in [-0.39, 0.29) is 23.1 Å². The third-order valence-corrected chi connectivity index (χ3v) is 4.02. The number of benzene rings is 1. The third-order valence-electron chi connectivity index (χ3n) is 2.92. The van der Waals surface area contributed by atoms with Crippen molar-refractivity contribution >= 4 is 33.2 Å². The number of carbonyl (C=O) groups is 2. The molecular formula is C15H9FO4S. The molecule has 3 aromatic rings. The van der Waals surface area contributed by atoms with Gasteiger partial charge in [0.2, 0.25) is 11.5 Å². The number of carbonyl (C=O) groups excluding carboxylic acids is 2. The molecule has 0 bridgehead atoms. The SMILES string of the molecule is COC(=O)c1ccc(C(=O)c2cc3ccc(F)cc3s2)o1. The van der Waals surface area contributed by atoms with Gasteiger partial charge in [0.1, 0.15) is 5.82 Å². The molecule has 0 aliphatic heterocycles. The van der Waals surface area contributed by atoms with Gasteiger partial charge < -0.3 is 9.15 Å². The summed E-state index contributed by atoms with van der Waals surface area (Å²) in [7, 11) is 1.23. The predicted molar refractivity (Wildman–Crippen MR) is 75.3 cm³/mol. The molecule has 2 heterocycles. The lowest BCUT2D eigenvalue weighted by Crippen LogP contribution is -1.99. The Hall–Kier alpha value is -2.47. The fraction of sp³-hybridized carbons (Fsp3) is 0.0667. The van der Waals surface area contributed by atoms with E-state index < -0.39 is 5.97 Å². The van der Waals surface area contributed by atoms with Crippen molar-refractivity contribution in [3.8, 4) is 0 Å². The van der Waals surface area contributed by atoms with Gasteiger partial charge in [0, 0.05) is 4.70 Å². The Kier molecular flexibility index (Phi) is 3.31. The number of ketones is 1. The first-order valence-electron chi connectivity index (χ1n) is 6.00. The Morgan fingerprint density at radius 1 is 1.14 bits per heavy atom. The summed E-state index contributed by atoms with van der Waals surface area (Å²) in [6, 6.07) is 8.79. The summed E-state index contributed by atoms with van der Waals surface area (Å²) in [5.41, 5.74) is 0. The second-order valence-corrected chi connectivity index (χ2v) is 5.36. The smallest absolute Gasteiger partial charge is 0.373 e. The molecule has 21 heavy (non-hydrogen) atoms. The first-order valence-corrected chi connectivity index (χ1v) is 6.82. The maximum Gasteiger partial charge on any atom is 0.373 e. The highest BCUT2D eigenvalue weighted by atomic mass is 32.1. The summed E-state index contributed by atoms with van der Waals surface area (Å²) in [6.45, 7) is 0. The number of ether oxygens (including phenoxy) is 1. The van der Waals surface area contributed by atoms with Crippen LogP contribution < -0.4 is 0 Å². The van der Waals surface area contributed by atoms with Crippen LogP contribution in [0.2, 0.25) is 0 Å². The number of fused-ring (bicyclic) bond motifs is 1. The number of halogens is 1. The minimum absolute atomic E-state index is 0.0343. The van der Waals surface area contributed by atoms with Crippen molar-refractivity contribution in [2.45, 2.75) is 0 Å². The number of methoxy groups -OCH3 is 1. The predicted octanol–water partition coefficient (Wildman–Crippen LogP) is 3.65. The van der Waals surface area contributed by atoms with E-state index in [1.165, 1.54) is 42.7 Å². The molecule has 1 aromatic carbocycles. The van der Waals surface area contributed by atoms with Gasteiger partial charge in [-0.1, -0.05) is 6.07 Å². The first kappa shape index (κ1) is 13.5. The molecule has 0 fully saturated rings. The maximum absolute atomic E-state index is 13.2. The average Bonchev–Trinajstić information content (AvgIpc) is 3.11. The van der Waals surface area contributed by atoms with Gasteiger partial charge in [-0.25, -0.2) is 9.18 Å². The highest BCUT2D eigenvalue weighted by molar-refractivity contribution is 7.21. The number of hydrogen-bond donors (Lipinski definition) is 0. The fourth-order valence-electron chi connectivity index (χ4n) is 1.91. The largest absolute Gasteiger partial charge is 0.463 e. The summed E-state index contributed by atoms with van der Waals surface area (Å²) in [5, 5.41) is 0.782. The molecule has 0 aliphatic carbocycles. The zero-order valence-corrected chi connectivity index (χ0v) is 11.7. The van der Waals surface area contributed by atoms with Crippen LogP contribution in [0.25, 0.3) is 10.1 Å². The van der Waals surface area contributed by atoms with Crippen LogP contribution >= 0.6 is 11.3 Å². The van der Waals surface area contributed by atoms with E-state index in [0.29, 0.717) is 9.58 Å². The highest BCUT2D eigenvalue weighted by Gasteiger charge is 2.19. The van der Waals surface area contributed by atoms with Crippen LogP contribution in [0.1, 0.15) is 26.0 Å². The Morgan fingerprint density at radius 3 is 2.67 bits per heavy atom. The second kappa shape index (κ2) is 5.14. The van der Waals surface area contributed by atoms with Crippen LogP contribution in [-0.2, 0) is 4.74 Å². The van der Waals surface area contributed by atoms with Crippen LogP contribution in [0.5, 0.6) is 0 Å². The van der Waals surface area contributed by atoms with Gasteiger partial charge in [-0.3, -0.25) is 4.79 Å². The molecule has 0 spiro atoms. The molecule has 0 radical (unpaired) electrons. The highest BCUT2D eigenvalue weighted by Crippen LogP contribution is 2.28. The van der Waals surface area contributed by atoms with Crippen molar-refractivity contribution in [2.24, 2.45) is 0 Å². The standard InChI is InChI=1S/C15H9FO4S/c1-19-15(18)11-5-4-10(20-11)14(17)13-6-8-2-3-9(16)7-12(8)21-13/h2-7H,1H3. The van der Waals surface area contributed by atoms with Crippen LogP contribution in [0.15, 0.2) is 40.8 Å². The molecule has 3 rings (SSSR count). The normalized spacial score (nSPS) is 10.8. The summed E-state index contributed by atoms with van der Waals surface area (Å²) in [5.74, 6) is -1.34. The zero-order chi connectivity index (χ0) is 15.0. The van der Waals surface area contributed by atoms with E-state index in [9.17, 15) is 14.0 Å². The lowest BCUT2D eigenvalue weighted by Gasteiger charge is -1.94. The molecule has 6 heteroatoms. The Labute approximate surface area is 122 Å². The van der Waals surface area contributed by atoms with Gasteiger partial charge in [0.25, 0.3) is 0 Å². The Balaban J connectivity index is 1.96. The number of rotatable bonds is 3. The maximum atomic E-state index is 13.2. The Bertz CT molecular complexity index is 846. The molecule has 0 amide bonds. The van der Waals surface area contributed by atoms with Gasteiger partial charge >= 0.3 is 5.97 Å². The molecule has 0 atom stereocenters. The first-order chi connectivity index (χ1) is 10.1. The molecule has 0 aliphatic rings. The minimum Gasteiger partial charge on any atom is -0.463 e. The van der Waals surface area contributed by atoms with E-state index in [1.54, 1.807) is 12.1 Å². The Morgan fingerprint density at radius 2 is 1.90 bits per heavy atom. The molecule has 0 N–H and O–H groups in total. The fourth-order valence-corrected chi connectivity index (χ4v) is 2.94. The van der Waals surface area contributed by atoms with Crippen molar-refractivity contribution < 1.29 is 23.1 Å². The van der Waals surface area contributed by atoms with Crippen LogP contribution in [0.3, 0.4) is 0 Å². The lowest BCUT2D eigenvalue weighted by molar-refractivity contribution is 0.0563. The molecule has 4 nitrogen and oxygen atoms in total. The lowest BCUT2D eigenvalue weighted by atomic mass is 10.2. The second-order valence-electron chi connectivity index (χ2n) is 4.28. The van der Waals surface area contributed by atoms with Crippen molar-refractivity contribution in [1.82, 2.24) is 0 Å². The van der Waals surface area contributed by atoms with Gasteiger partial charge in [0.15, 0.2) is 5.76 Å². The van der Waals surface area contributed by atoms with Crippen molar-refractivity contribution in [1.29, 1.82) is 0 Å². The van der Waals surface area contributed by atoms with E-state index in [1.807, 2.05) is 0 Å². The summed E-state index contributed by atoms with van der Waals surface area (Å²) >= 11 is 1.17. The molecule has 0 saturated heterocycles. The topological polar surface area (TPSA) is 56.5 Å². The number of thiophene rings is 1. The van der Waals surface area contributed by atoms with Crippen LogP contribution in [-0.4, -0.2) is 18.9 Å². The van der Waals surface area contributed by atoms with Crippen molar-refractivity contribution in [3.05, 3.63) is 58.6 Å². The summed E-state index contributed by atoms with van der Waals surface area (Å²) in [4.78, 5) is 24.0. The van der Waals surface area contributed by atoms with Gasteiger partial charge in [-0.2, -0.15) is 0 Å². The zero-order valence-electron chi connectivity index (χ0n) is 10.9. The monoisotopic (exact) mass is 304 g/mol. The third kappa shape index (κ3) is 2.45. The quantitative estimate of drug-likeness (QED) is 0.547. The van der Waals surface area contributed by atoms with E-state index in [2.05, 4.69) is 4.74 Å². The number of esters is 1. The molecule has 2 aromatic heterocycles. The van der Waals surface area contributed by atoms with E-state index in [0.717, 1.165) is 5.39 Å². The minimum atomic E-state index is -0.646. The van der Waals surface area contributed by atoms with Crippen molar-refractivity contribution in [2.75, 3.05) is 7.11 Å². The average molecular weight is 304 g/mol. The number of furan rings is 1. The van der Waals surface area contributed by atoms with Crippen LogP contribution in [0, 0.1) is 5.82 Å². The molecular weight excluding hydrogens is 295 g/mol. The summed E-state index contributed by atoms with van der Waals surface area (Å²) < 4.78 is 23.5. The van der Waals surface area contributed by atoms with Crippen LogP contribution in [0.4, 0.5) is 4.39 Å². The van der Waals surface area contributed by atoms with E-state index in [4.69, 9.17) is 4.42 Å². The van der Waals surface area contributed by atoms with E-state index >= 15 is 0 Å². The number of hydrogen-bond acceptors (Lipinski definition) is 5. The molecule has 0 unspecified atom stereocenters. The van der Waals surface area contributed by atoms with Gasteiger partial charge in [-0.05, 0) is 35.7 Å². The molecule has 106 valence electrons.